The highest BCUT2D eigenvalue weighted by atomic mass is 16.5. The number of carbonyl (C=O) groups excluding carboxylic acids is 2. The van der Waals surface area contributed by atoms with E-state index in [0.717, 1.165) is 36.7 Å². The van der Waals surface area contributed by atoms with Gasteiger partial charge in [-0.15, -0.1) is 5.10 Å². The van der Waals surface area contributed by atoms with Gasteiger partial charge in [0.05, 0.1) is 12.6 Å². The predicted octanol–water partition coefficient (Wildman–Crippen LogP) is 3.89. The van der Waals surface area contributed by atoms with Crippen molar-refractivity contribution in [3.63, 3.8) is 0 Å². The molecule has 1 heterocycles. The lowest BCUT2D eigenvalue weighted by Gasteiger charge is -2.33. The first-order valence-corrected chi connectivity index (χ1v) is 13.2. The topological polar surface area (TPSA) is 98.6 Å². The van der Waals surface area contributed by atoms with Gasteiger partial charge >= 0.3 is 0 Å². The van der Waals surface area contributed by atoms with E-state index in [9.17, 15) is 9.59 Å². The summed E-state index contributed by atoms with van der Waals surface area (Å²) in [7, 11) is 1.59. The minimum atomic E-state index is -0.805. The van der Waals surface area contributed by atoms with Gasteiger partial charge in [0.15, 0.2) is 0 Å². The fourth-order valence-corrected chi connectivity index (χ4v) is 4.94. The first-order chi connectivity index (χ1) is 18.1. The van der Waals surface area contributed by atoms with Crippen molar-refractivity contribution in [2.24, 2.45) is 0 Å². The minimum absolute atomic E-state index is 0.0215. The Kier molecular flexibility index (Phi) is 9.48. The molecular weight excluding hydrogens is 470 g/mol. The average Bonchev–Trinajstić information content (AvgIpc) is 3.33. The lowest BCUT2D eigenvalue weighted by Crippen LogP contribution is -2.48. The van der Waals surface area contributed by atoms with E-state index in [-0.39, 0.29) is 24.4 Å². The number of methoxy groups -OCH3 is 1. The van der Waals surface area contributed by atoms with Crippen molar-refractivity contribution in [1.29, 1.82) is 0 Å². The maximum Gasteiger partial charge on any atom is 0.247 e. The summed E-state index contributed by atoms with van der Waals surface area (Å²) in [6.07, 6.45) is 5.92. The van der Waals surface area contributed by atoms with Gasteiger partial charge in [-0.25, -0.2) is 4.68 Å². The molecule has 4 rings (SSSR count). The van der Waals surface area contributed by atoms with Gasteiger partial charge in [0.25, 0.3) is 0 Å². The molecule has 0 saturated heterocycles. The van der Waals surface area contributed by atoms with E-state index in [1.165, 1.54) is 6.42 Å². The molecule has 1 N–H and O–H groups in total. The standard InChI is InChI=1S/C28H37N5O4/c1-3-37-18-10-17-32(26(34)20-33-25-16-8-7-15-24(25)30-31-33)27(21-11-9-14-23(19-21)36-2)28(35)29-22-12-5-4-6-13-22/h7-9,11,14-16,19,22,27H,3-6,10,12-13,17-18,20H2,1-2H3,(H,29,35)/t27-/m0/s1. The van der Waals surface area contributed by atoms with Crippen molar-refractivity contribution in [2.75, 3.05) is 26.9 Å². The number of para-hydroxylation sites is 1. The molecule has 1 atom stereocenters. The number of rotatable bonds is 12. The molecule has 0 unspecified atom stereocenters. The first-order valence-electron chi connectivity index (χ1n) is 13.2. The molecule has 1 aromatic heterocycles. The molecule has 1 aliphatic rings. The van der Waals surface area contributed by atoms with Crippen LogP contribution < -0.4 is 10.1 Å². The maximum absolute atomic E-state index is 13.9. The van der Waals surface area contributed by atoms with Crippen LogP contribution in [0.3, 0.4) is 0 Å². The number of ether oxygens (including phenoxy) is 2. The Balaban J connectivity index is 1.65. The van der Waals surface area contributed by atoms with Crippen LogP contribution in [0.15, 0.2) is 48.5 Å². The molecule has 3 aromatic rings. The van der Waals surface area contributed by atoms with Crippen LogP contribution in [0.5, 0.6) is 5.75 Å². The van der Waals surface area contributed by atoms with Gasteiger partial charge in [-0.2, -0.15) is 0 Å². The van der Waals surface area contributed by atoms with Crippen molar-refractivity contribution in [3.05, 3.63) is 54.1 Å². The molecule has 0 spiro atoms. The molecule has 9 nitrogen and oxygen atoms in total. The largest absolute Gasteiger partial charge is 0.497 e. The van der Waals surface area contributed by atoms with Crippen molar-refractivity contribution in [2.45, 2.75) is 64.1 Å². The van der Waals surface area contributed by atoms with Crippen LogP contribution in [-0.2, 0) is 20.9 Å². The SMILES string of the molecule is CCOCCCN(C(=O)Cn1nnc2ccccc21)[C@H](C(=O)NC1CCCCC1)c1cccc(OC)c1. The number of carbonyl (C=O) groups is 2. The zero-order valence-electron chi connectivity index (χ0n) is 21.8. The van der Waals surface area contributed by atoms with E-state index in [4.69, 9.17) is 9.47 Å². The summed E-state index contributed by atoms with van der Waals surface area (Å²) >= 11 is 0. The van der Waals surface area contributed by atoms with Gasteiger partial charge in [0.1, 0.15) is 23.9 Å². The predicted molar refractivity (Wildman–Crippen MR) is 141 cm³/mol. The number of nitrogens with zero attached hydrogens (tertiary/aromatic N) is 4. The molecular formula is C28H37N5O4. The van der Waals surface area contributed by atoms with Crippen LogP contribution in [0, 0.1) is 0 Å². The Bertz CT molecular complexity index is 1170. The number of aromatic nitrogens is 3. The second-order valence-electron chi connectivity index (χ2n) is 9.40. The normalized spacial score (nSPS) is 14.9. The third kappa shape index (κ3) is 6.85. The van der Waals surface area contributed by atoms with Gasteiger partial charge < -0.3 is 19.7 Å². The number of hydrogen-bond donors (Lipinski definition) is 1. The lowest BCUT2D eigenvalue weighted by atomic mass is 9.94. The number of nitrogens with one attached hydrogen (secondary N) is 1. The minimum Gasteiger partial charge on any atom is -0.497 e. The molecule has 37 heavy (non-hydrogen) atoms. The highest BCUT2D eigenvalue weighted by Gasteiger charge is 2.33. The van der Waals surface area contributed by atoms with Crippen molar-refractivity contribution in [3.8, 4) is 5.75 Å². The average molecular weight is 508 g/mol. The summed E-state index contributed by atoms with van der Waals surface area (Å²) in [4.78, 5) is 29.4. The van der Waals surface area contributed by atoms with E-state index in [1.807, 2.05) is 55.5 Å². The number of fused-ring (bicyclic) bond motifs is 1. The Morgan fingerprint density at radius 3 is 2.73 bits per heavy atom. The van der Waals surface area contributed by atoms with Crippen molar-refractivity contribution in [1.82, 2.24) is 25.2 Å². The summed E-state index contributed by atoms with van der Waals surface area (Å²) in [5.41, 5.74) is 2.20. The Morgan fingerprint density at radius 2 is 1.95 bits per heavy atom. The Hall–Kier alpha value is -3.46. The highest BCUT2D eigenvalue weighted by Crippen LogP contribution is 2.27. The van der Waals surface area contributed by atoms with Crippen LogP contribution in [0.4, 0.5) is 0 Å². The second-order valence-corrected chi connectivity index (χ2v) is 9.40. The molecule has 1 saturated carbocycles. The molecule has 0 bridgehead atoms. The van der Waals surface area contributed by atoms with Crippen molar-refractivity contribution >= 4 is 22.8 Å². The number of amides is 2. The zero-order valence-corrected chi connectivity index (χ0v) is 21.8. The van der Waals surface area contributed by atoms with Crippen molar-refractivity contribution < 1.29 is 19.1 Å². The quantitative estimate of drug-likeness (QED) is 0.374. The molecule has 2 amide bonds. The fraction of sp³-hybridized carbons (Fsp3) is 0.500. The Morgan fingerprint density at radius 1 is 1.14 bits per heavy atom. The third-order valence-corrected chi connectivity index (χ3v) is 6.84. The van der Waals surface area contributed by atoms with Crippen LogP contribution >= 0.6 is 0 Å². The summed E-state index contributed by atoms with van der Waals surface area (Å²) in [5, 5.41) is 11.6. The number of hydrogen-bond acceptors (Lipinski definition) is 6. The maximum atomic E-state index is 13.9. The number of benzene rings is 2. The zero-order chi connectivity index (χ0) is 26.0. The summed E-state index contributed by atoms with van der Waals surface area (Å²) < 4.78 is 12.6. The van der Waals surface area contributed by atoms with Crippen LogP contribution in [0.25, 0.3) is 11.0 Å². The third-order valence-electron chi connectivity index (χ3n) is 6.84. The van der Waals surface area contributed by atoms with Gasteiger partial charge in [0, 0.05) is 25.8 Å². The van der Waals surface area contributed by atoms with E-state index in [2.05, 4.69) is 15.6 Å². The molecule has 1 fully saturated rings. The van der Waals surface area contributed by atoms with E-state index in [0.29, 0.717) is 37.5 Å². The summed E-state index contributed by atoms with van der Waals surface area (Å²) in [6.45, 7) is 3.38. The summed E-state index contributed by atoms with van der Waals surface area (Å²) in [5.74, 6) is 0.254. The Labute approximate surface area is 218 Å². The van der Waals surface area contributed by atoms with Gasteiger partial charge in [-0.05, 0) is 56.0 Å². The van der Waals surface area contributed by atoms with Gasteiger partial charge in [0.2, 0.25) is 11.8 Å². The fourth-order valence-electron chi connectivity index (χ4n) is 4.94. The van der Waals surface area contributed by atoms with E-state index < -0.39 is 6.04 Å². The highest BCUT2D eigenvalue weighted by molar-refractivity contribution is 5.89. The molecule has 9 heteroatoms. The van der Waals surface area contributed by atoms with Crippen LogP contribution in [-0.4, -0.2) is 64.6 Å². The van der Waals surface area contributed by atoms with Crippen LogP contribution in [0.2, 0.25) is 0 Å². The van der Waals surface area contributed by atoms with Crippen LogP contribution in [0.1, 0.15) is 57.1 Å². The molecule has 0 radical (unpaired) electrons. The summed E-state index contributed by atoms with van der Waals surface area (Å²) in [6, 6.07) is 14.2. The van der Waals surface area contributed by atoms with E-state index in [1.54, 1.807) is 16.7 Å². The molecule has 1 aliphatic carbocycles. The molecule has 2 aromatic carbocycles. The first kappa shape index (κ1) is 26.6. The van der Waals surface area contributed by atoms with Gasteiger partial charge in [-0.1, -0.05) is 48.7 Å². The second kappa shape index (κ2) is 13.2. The molecule has 198 valence electrons. The van der Waals surface area contributed by atoms with E-state index >= 15 is 0 Å². The monoisotopic (exact) mass is 507 g/mol. The van der Waals surface area contributed by atoms with Gasteiger partial charge in [-0.3, -0.25) is 9.59 Å². The smallest absolute Gasteiger partial charge is 0.247 e. The molecule has 0 aliphatic heterocycles. The lowest BCUT2D eigenvalue weighted by molar-refractivity contribution is -0.142.